The Balaban J connectivity index is 1.82. The molecule has 0 aromatic carbocycles. The van der Waals surface area contributed by atoms with E-state index in [0.717, 1.165) is 19.3 Å². The molecule has 1 amide bonds. The van der Waals surface area contributed by atoms with Crippen molar-refractivity contribution in [1.29, 1.82) is 0 Å². The smallest absolute Gasteiger partial charge is 0.220 e. The number of hydrogen-bond donors (Lipinski definition) is 2. The molecule has 4 heteroatoms. The van der Waals surface area contributed by atoms with Crippen LogP contribution in [-0.4, -0.2) is 30.0 Å². The molecule has 0 heterocycles. The van der Waals surface area contributed by atoms with Gasteiger partial charge in [-0.25, -0.2) is 0 Å². The SMILES string of the molecule is CSC1CCCCC1NC(=O)CC1(CN)CCC1. The van der Waals surface area contributed by atoms with Gasteiger partial charge in [-0.2, -0.15) is 11.8 Å². The quantitative estimate of drug-likeness (QED) is 0.806. The fourth-order valence-electron chi connectivity index (χ4n) is 3.27. The minimum Gasteiger partial charge on any atom is -0.352 e. The molecule has 2 fully saturated rings. The highest BCUT2D eigenvalue weighted by molar-refractivity contribution is 7.99. The standard InChI is InChI=1S/C14H26N2OS/c1-18-12-6-3-2-5-11(12)16-13(17)9-14(10-15)7-4-8-14/h11-12H,2-10,15H2,1H3,(H,16,17). The van der Waals surface area contributed by atoms with Crippen molar-refractivity contribution in [3.05, 3.63) is 0 Å². The van der Waals surface area contributed by atoms with Crippen molar-refractivity contribution in [2.75, 3.05) is 12.8 Å². The molecular formula is C14H26N2OS. The Morgan fingerprint density at radius 3 is 2.61 bits per heavy atom. The van der Waals surface area contributed by atoms with Crippen LogP contribution in [0.4, 0.5) is 0 Å². The number of rotatable bonds is 5. The second kappa shape index (κ2) is 6.29. The Kier molecular flexibility index (Phi) is 4.96. The normalized spacial score (nSPS) is 30.6. The molecule has 0 aromatic heterocycles. The van der Waals surface area contributed by atoms with Gasteiger partial charge in [-0.15, -0.1) is 0 Å². The second-order valence-corrected chi connectivity index (χ2v) is 7.04. The number of carbonyl (C=O) groups excluding carboxylic acids is 1. The zero-order valence-corrected chi connectivity index (χ0v) is 12.2. The highest BCUT2D eigenvalue weighted by Crippen LogP contribution is 2.43. The van der Waals surface area contributed by atoms with Crippen molar-refractivity contribution in [3.8, 4) is 0 Å². The van der Waals surface area contributed by atoms with E-state index >= 15 is 0 Å². The van der Waals surface area contributed by atoms with Gasteiger partial charge in [-0.1, -0.05) is 19.3 Å². The molecule has 0 aliphatic heterocycles. The number of thioether (sulfide) groups is 1. The number of nitrogens with one attached hydrogen (secondary N) is 1. The van der Waals surface area contributed by atoms with Gasteiger partial charge in [0.2, 0.25) is 5.91 Å². The predicted molar refractivity (Wildman–Crippen MR) is 77.7 cm³/mol. The van der Waals surface area contributed by atoms with Gasteiger partial charge in [0.1, 0.15) is 0 Å². The van der Waals surface area contributed by atoms with Gasteiger partial charge in [0, 0.05) is 17.7 Å². The minimum atomic E-state index is 0.133. The van der Waals surface area contributed by atoms with Gasteiger partial charge in [-0.05, 0) is 43.9 Å². The summed E-state index contributed by atoms with van der Waals surface area (Å²) in [5.74, 6) is 0.228. The van der Waals surface area contributed by atoms with Crippen molar-refractivity contribution < 1.29 is 4.79 Å². The van der Waals surface area contributed by atoms with E-state index < -0.39 is 0 Å². The third-order valence-electron chi connectivity index (χ3n) is 4.73. The van der Waals surface area contributed by atoms with Gasteiger partial charge in [0.05, 0.1) is 0 Å². The van der Waals surface area contributed by atoms with Crippen LogP contribution in [0.1, 0.15) is 51.4 Å². The summed E-state index contributed by atoms with van der Waals surface area (Å²) < 4.78 is 0. The Morgan fingerprint density at radius 2 is 2.06 bits per heavy atom. The van der Waals surface area contributed by atoms with Crippen LogP contribution in [0.25, 0.3) is 0 Å². The molecule has 0 radical (unpaired) electrons. The van der Waals surface area contributed by atoms with E-state index in [0.29, 0.717) is 24.3 Å². The maximum atomic E-state index is 12.2. The molecular weight excluding hydrogens is 244 g/mol. The molecule has 2 unspecified atom stereocenters. The second-order valence-electron chi connectivity index (χ2n) is 5.97. The Labute approximate surface area is 115 Å². The Hall–Kier alpha value is -0.220. The summed E-state index contributed by atoms with van der Waals surface area (Å²) in [6.07, 6.45) is 11.3. The molecule has 2 aliphatic carbocycles. The Bertz CT molecular complexity index is 286. The molecule has 0 bridgehead atoms. The average molecular weight is 270 g/mol. The van der Waals surface area contributed by atoms with Crippen LogP contribution in [0, 0.1) is 5.41 Å². The molecule has 0 saturated heterocycles. The molecule has 2 rings (SSSR count). The molecule has 0 aromatic rings. The third kappa shape index (κ3) is 3.21. The first-order chi connectivity index (χ1) is 8.69. The summed E-state index contributed by atoms with van der Waals surface area (Å²) in [6.45, 7) is 0.664. The summed E-state index contributed by atoms with van der Waals surface area (Å²) in [4.78, 5) is 12.2. The third-order valence-corrected chi connectivity index (χ3v) is 5.90. The van der Waals surface area contributed by atoms with Crippen molar-refractivity contribution in [2.24, 2.45) is 11.1 Å². The lowest BCUT2D eigenvalue weighted by Crippen LogP contribution is -2.47. The summed E-state index contributed by atoms with van der Waals surface area (Å²) in [6, 6.07) is 0.385. The minimum absolute atomic E-state index is 0.133. The maximum absolute atomic E-state index is 12.2. The summed E-state index contributed by atoms with van der Waals surface area (Å²) in [5.41, 5.74) is 5.95. The zero-order chi connectivity index (χ0) is 13.0. The molecule has 2 atom stereocenters. The van der Waals surface area contributed by atoms with Crippen LogP contribution in [0.3, 0.4) is 0 Å². The fraction of sp³-hybridized carbons (Fsp3) is 0.929. The van der Waals surface area contributed by atoms with Gasteiger partial charge < -0.3 is 11.1 Å². The van der Waals surface area contributed by atoms with Crippen molar-refractivity contribution >= 4 is 17.7 Å². The summed E-state index contributed by atoms with van der Waals surface area (Å²) in [7, 11) is 0. The Morgan fingerprint density at radius 1 is 1.33 bits per heavy atom. The van der Waals surface area contributed by atoms with E-state index in [1.807, 2.05) is 11.8 Å². The van der Waals surface area contributed by atoms with Crippen LogP contribution < -0.4 is 11.1 Å². The lowest BCUT2D eigenvalue weighted by molar-refractivity contribution is -0.125. The predicted octanol–water partition coefficient (Wildman–Crippen LogP) is 2.30. The topological polar surface area (TPSA) is 55.1 Å². The summed E-state index contributed by atoms with van der Waals surface area (Å²) in [5, 5.41) is 3.87. The number of hydrogen-bond acceptors (Lipinski definition) is 3. The van der Waals surface area contributed by atoms with Gasteiger partial charge in [-0.3, -0.25) is 4.79 Å². The average Bonchev–Trinajstić information content (AvgIpc) is 2.34. The van der Waals surface area contributed by atoms with E-state index in [2.05, 4.69) is 11.6 Å². The highest BCUT2D eigenvalue weighted by atomic mass is 32.2. The molecule has 3 nitrogen and oxygen atoms in total. The van der Waals surface area contributed by atoms with E-state index in [4.69, 9.17) is 5.73 Å². The first-order valence-corrected chi connectivity index (χ1v) is 8.50. The van der Waals surface area contributed by atoms with Gasteiger partial charge in [0.25, 0.3) is 0 Å². The van der Waals surface area contributed by atoms with Crippen LogP contribution >= 0.6 is 11.8 Å². The van der Waals surface area contributed by atoms with E-state index in [1.54, 1.807) is 0 Å². The molecule has 104 valence electrons. The van der Waals surface area contributed by atoms with Gasteiger partial charge in [0.15, 0.2) is 0 Å². The van der Waals surface area contributed by atoms with Crippen molar-refractivity contribution in [3.63, 3.8) is 0 Å². The number of carbonyl (C=O) groups is 1. The lowest BCUT2D eigenvalue weighted by atomic mass is 9.66. The molecule has 3 N–H and O–H groups in total. The van der Waals surface area contributed by atoms with Crippen LogP contribution in [0.5, 0.6) is 0 Å². The summed E-state index contributed by atoms with van der Waals surface area (Å²) >= 11 is 1.90. The number of amides is 1. The maximum Gasteiger partial charge on any atom is 0.220 e. The zero-order valence-electron chi connectivity index (χ0n) is 11.4. The van der Waals surface area contributed by atoms with Crippen LogP contribution in [-0.2, 0) is 4.79 Å². The monoisotopic (exact) mass is 270 g/mol. The van der Waals surface area contributed by atoms with Crippen molar-refractivity contribution in [2.45, 2.75) is 62.7 Å². The van der Waals surface area contributed by atoms with E-state index in [1.165, 1.54) is 25.7 Å². The number of nitrogens with two attached hydrogens (primary N) is 1. The molecule has 2 saturated carbocycles. The first kappa shape index (κ1) is 14.2. The first-order valence-electron chi connectivity index (χ1n) is 7.21. The fourth-order valence-corrected chi connectivity index (χ4v) is 4.21. The van der Waals surface area contributed by atoms with E-state index in [9.17, 15) is 4.79 Å². The molecule has 0 spiro atoms. The lowest BCUT2D eigenvalue weighted by Gasteiger charge is -2.41. The van der Waals surface area contributed by atoms with Crippen molar-refractivity contribution in [1.82, 2.24) is 5.32 Å². The highest BCUT2D eigenvalue weighted by Gasteiger charge is 2.38. The largest absolute Gasteiger partial charge is 0.352 e. The van der Waals surface area contributed by atoms with Crippen LogP contribution in [0.2, 0.25) is 0 Å². The van der Waals surface area contributed by atoms with Crippen LogP contribution in [0.15, 0.2) is 0 Å². The van der Waals surface area contributed by atoms with E-state index in [-0.39, 0.29) is 11.3 Å². The molecule has 18 heavy (non-hydrogen) atoms. The van der Waals surface area contributed by atoms with Gasteiger partial charge >= 0.3 is 0 Å². The molecule has 2 aliphatic rings.